The summed E-state index contributed by atoms with van der Waals surface area (Å²) in [5, 5.41) is 0. The van der Waals surface area contributed by atoms with Crippen molar-refractivity contribution in [1.29, 1.82) is 0 Å². The van der Waals surface area contributed by atoms with E-state index in [0.717, 1.165) is 19.3 Å². The van der Waals surface area contributed by atoms with Crippen LogP contribution in [0.4, 0.5) is 0 Å². The van der Waals surface area contributed by atoms with Crippen LogP contribution < -0.4 is 10.5 Å². The molecule has 1 aliphatic rings. The number of rotatable bonds is 3. The minimum atomic E-state index is -3.52. The number of hydrogen-bond acceptors (Lipinski definition) is 3. The molecule has 108 valence electrons. The monoisotopic (exact) mass is 292 g/mol. The van der Waals surface area contributed by atoms with Gasteiger partial charge in [-0.3, -0.25) is 0 Å². The van der Waals surface area contributed by atoms with E-state index in [-0.39, 0.29) is 17.5 Å². The van der Waals surface area contributed by atoms with Crippen LogP contribution in [0.15, 0.2) is 29.2 Å². The van der Waals surface area contributed by atoms with Gasteiger partial charge in [-0.2, -0.15) is 0 Å². The second-order valence-electron chi connectivity index (χ2n) is 5.24. The Kier molecular flexibility index (Phi) is 4.81. The molecule has 0 aromatic heterocycles. The summed E-state index contributed by atoms with van der Waals surface area (Å²) in [5.74, 6) is 6.10. The summed E-state index contributed by atoms with van der Waals surface area (Å²) in [6.45, 7) is 2.36. The minimum absolute atomic E-state index is 0.0329. The smallest absolute Gasteiger partial charge is 0.242 e. The SMILES string of the molecule is CC1CCC(NS(=O)(=O)c2ccccc2C#CCN)C1. The van der Waals surface area contributed by atoms with E-state index >= 15 is 0 Å². The predicted molar refractivity (Wildman–Crippen MR) is 79.5 cm³/mol. The lowest BCUT2D eigenvalue weighted by Crippen LogP contribution is -2.33. The van der Waals surface area contributed by atoms with Gasteiger partial charge in [-0.15, -0.1) is 0 Å². The number of sulfonamides is 1. The molecule has 0 spiro atoms. The third-order valence-electron chi connectivity index (χ3n) is 3.52. The molecule has 0 bridgehead atoms. The summed E-state index contributed by atoms with van der Waals surface area (Å²) >= 11 is 0. The summed E-state index contributed by atoms with van der Waals surface area (Å²) in [6.07, 6.45) is 2.87. The number of nitrogens with two attached hydrogens (primary N) is 1. The van der Waals surface area contributed by atoms with E-state index in [4.69, 9.17) is 5.73 Å². The average molecular weight is 292 g/mol. The Hall–Kier alpha value is -1.35. The minimum Gasteiger partial charge on any atom is -0.320 e. The molecule has 1 aromatic carbocycles. The molecule has 0 amide bonds. The number of hydrogen-bond donors (Lipinski definition) is 2. The van der Waals surface area contributed by atoms with Gasteiger partial charge in [-0.05, 0) is 37.3 Å². The van der Waals surface area contributed by atoms with E-state index in [1.807, 2.05) is 0 Å². The van der Waals surface area contributed by atoms with Crippen molar-refractivity contribution >= 4 is 10.0 Å². The second kappa shape index (κ2) is 6.40. The maximum absolute atomic E-state index is 12.5. The van der Waals surface area contributed by atoms with E-state index in [9.17, 15) is 8.42 Å². The summed E-state index contributed by atoms with van der Waals surface area (Å²) in [6, 6.07) is 6.80. The molecule has 2 rings (SSSR count). The normalized spacial score (nSPS) is 22.3. The van der Waals surface area contributed by atoms with Crippen molar-refractivity contribution in [2.45, 2.75) is 37.1 Å². The van der Waals surface area contributed by atoms with Crippen molar-refractivity contribution in [2.75, 3.05) is 6.54 Å². The van der Waals surface area contributed by atoms with Gasteiger partial charge in [0.15, 0.2) is 0 Å². The van der Waals surface area contributed by atoms with Crippen LogP contribution in [0.3, 0.4) is 0 Å². The van der Waals surface area contributed by atoms with E-state index in [1.54, 1.807) is 24.3 Å². The van der Waals surface area contributed by atoms with Gasteiger partial charge in [-0.1, -0.05) is 30.9 Å². The van der Waals surface area contributed by atoms with E-state index in [1.165, 1.54) is 0 Å². The molecule has 1 saturated carbocycles. The fourth-order valence-corrected chi connectivity index (χ4v) is 3.99. The zero-order valence-electron chi connectivity index (χ0n) is 11.6. The maximum atomic E-state index is 12.5. The topological polar surface area (TPSA) is 72.2 Å². The highest BCUT2D eigenvalue weighted by Crippen LogP contribution is 2.26. The standard InChI is InChI=1S/C15H20N2O2S/c1-12-8-9-14(11-12)17-20(18,19)15-7-3-2-5-13(15)6-4-10-16/h2-3,5,7,12,14,17H,8-11,16H2,1H3. The molecule has 3 N–H and O–H groups in total. The molecule has 4 nitrogen and oxygen atoms in total. The molecule has 1 aromatic rings. The summed E-state index contributed by atoms with van der Waals surface area (Å²) in [4.78, 5) is 0.237. The first-order valence-corrected chi connectivity index (χ1v) is 8.31. The van der Waals surface area contributed by atoms with Gasteiger partial charge in [0.25, 0.3) is 0 Å². The van der Waals surface area contributed by atoms with Gasteiger partial charge >= 0.3 is 0 Å². The predicted octanol–water partition coefficient (Wildman–Crippen LogP) is 1.46. The van der Waals surface area contributed by atoms with Crippen LogP contribution in [0.5, 0.6) is 0 Å². The first-order valence-electron chi connectivity index (χ1n) is 6.83. The van der Waals surface area contributed by atoms with Crippen molar-refractivity contribution in [3.8, 4) is 11.8 Å². The van der Waals surface area contributed by atoms with Gasteiger partial charge in [0.05, 0.1) is 11.4 Å². The molecule has 1 aliphatic carbocycles. The fraction of sp³-hybridized carbons (Fsp3) is 0.467. The first-order chi connectivity index (χ1) is 9.53. The fourth-order valence-electron chi connectivity index (χ4n) is 2.55. The highest BCUT2D eigenvalue weighted by molar-refractivity contribution is 7.89. The Balaban J connectivity index is 2.25. The zero-order chi connectivity index (χ0) is 14.6. The molecule has 20 heavy (non-hydrogen) atoms. The van der Waals surface area contributed by atoms with Crippen molar-refractivity contribution in [3.63, 3.8) is 0 Å². The lowest BCUT2D eigenvalue weighted by molar-refractivity contribution is 0.538. The van der Waals surface area contributed by atoms with E-state index in [2.05, 4.69) is 23.5 Å². The largest absolute Gasteiger partial charge is 0.320 e. The van der Waals surface area contributed by atoms with Crippen molar-refractivity contribution in [2.24, 2.45) is 11.7 Å². The Morgan fingerprint density at radius 2 is 2.10 bits per heavy atom. The van der Waals surface area contributed by atoms with Gasteiger partial charge in [0, 0.05) is 11.6 Å². The Morgan fingerprint density at radius 3 is 2.75 bits per heavy atom. The molecule has 5 heteroatoms. The van der Waals surface area contributed by atoms with Crippen LogP contribution in [0.1, 0.15) is 31.7 Å². The molecule has 2 atom stereocenters. The quantitative estimate of drug-likeness (QED) is 0.829. The Labute approximate surface area is 120 Å². The lowest BCUT2D eigenvalue weighted by atomic mass is 10.1. The van der Waals surface area contributed by atoms with E-state index < -0.39 is 10.0 Å². The van der Waals surface area contributed by atoms with Crippen LogP contribution in [-0.4, -0.2) is 21.0 Å². The molecule has 1 fully saturated rings. The molecule has 0 heterocycles. The Bertz CT molecular complexity index is 629. The molecule has 0 radical (unpaired) electrons. The Morgan fingerprint density at radius 1 is 1.35 bits per heavy atom. The summed E-state index contributed by atoms with van der Waals surface area (Å²) in [7, 11) is -3.52. The van der Waals surface area contributed by atoms with Crippen molar-refractivity contribution < 1.29 is 8.42 Å². The first kappa shape index (κ1) is 15.0. The van der Waals surface area contributed by atoms with Crippen LogP contribution in [0.2, 0.25) is 0 Å². The average Bonchev–Trinajstić information content (AvgIpc) is 2.81. The third kappa shape index (κ3) is 3.60. The molecule has 0 saturated heterocycles. The highest BCUT2D eigenvalue weighted by atomic mass is 32.2. The molecular formula is C15H20N2O2S. The summed E-state index contributed by atoms with van der Waals surface area (Å²) < 4.78 is 27.7. The molecule has 0 aliphatic heterocycles. The zero-order valence-corrected chi connectivity index (χ0v) is 12.4. The van der Waals surface area contributed by atoms with Crippen molar-refractivity contribution in [3.05, 3.63) is 29.8 Å². The van der Waals surface area contributed by atoms with Gasteiger partial charge < -0.3 is 5.73 Å². The maximum Gasteiger partial charge on any atom is 0.242 e. The van der Waals surface area contributed by atoms with Gasteiger partial charge in [0.1, 0.15) is 0 Å². The lowest BCUT2D eigenvalue weighted by Gasteiger charge is -2.14. The van der Waals surface area contributed by atoms with Crippen LogP contribution in [0, 0.1) is 17.8 Å². The highest BCUT2D eigenvalue weighted by Gasteiger charge is 2.27. The van der Waals surface area contributed by atoms with Gasteiger partial charge in [0.2, 0.25) is 10.0 Å². The van der Waals surface area contributed by atoms with Crippen LogP contribution in [0.25, 0.3) is 0 Å². The van der Waals surface area contributed by atoms with Crippen LogP contribution >= 0.6 is 0 Å². The molecule has 2 unspecified atom stereocenters. The van der Waals surface area contributed by atoms with Gasteiger partial charge in [-0.25, -0.2) is 13.1 Å². The number of nitrogens with one attached hydrogen (secondary N) is 1. The summed E-state index contributed by atoms with van der Waals surface area (Å²) in [5.41, 5.74) is 5.84. The third-order valence-corrected chi connectivity index (χ3v) is 5.10. The van der Waals surface area contributed by atoms with E-state index in [0.29, 0.717) is 11.5 Å². The molecular weight excluding hydrogens is 272 g/mol. The van der Waals surface area contributed by atoms with Crippen molar-refractivity contribution in [1.82, 2.24) is 4.72 Å². The second-order valence-corrected chi connectivity index (χ2v) is 6.92. The number of benzene rings is 1. The van der Waals surface area contributed by atoms with Crippen LogP contribution in [-0.2, 0) is 10.0 Å².